The molecule has 2 saturated carbocycles. The molecule has 0 radical (unpaired) electrons. The summed E-state index contributed by atoms with van der Waals surface area (Å²) in [5.74, 6) is 1.43. The Labute approximate surface area is 105 Å². The molecule has 1 spiro atoms. The smallest absolute Gasteiger partial charge is 0.0546 e. The summed E-state index contributed by atoms with van der Waals surface area (Å²) in [4.78, 5) is 0. The molecule has 0 aromatic heterocycles. The number of aliphatic hydroxyl groups is 2. The summed E-state index contributed by atoms with van der Waals surface area (Å²) < 4.78 is 0. The number of aliphatic hydroxyl groups excluding tert-OH is 2. The van der Waals surface area contributed by atoms with E-state index in [9.17, 15) is 10.2 Å². The van der Waals surface area contributed by atoms with Crippen LogP contribution in [-0.4, -0.2) is 22.9 Å². The number of hydrogen-bond donors (Lipinski definition) is 2. The molecule has 2 heteroatoms. The first-order valence-electron chi connectivity index (χ1n) is 6.94. The van der Waals surface area contributed by atoms with E-state index in [2.05, 4.69) is 20.4 Å². The van der Waals surface area contributed by atoms with E-state index in [0.29, 0.717) is 11.8 Å². The van der Waals surface area contributed by atoms with Gasteiger partial charge < -0.3 is 10.2 Å². The van der Waals surface area contributed by atoms with Crippen LogP contribution in [0.25, 0.3) is 0 Å². The highest BCUT2D eigenvalue weighted by Crippen LogP contribution is 2.58. The van der Waals surface area contributed by atoms with Gasteiger partial charge in [-0.05, 0) is 62.2 Å². The molecule has 0 saturated heterocycles. The largest absolute Gasteiger partial charge is 0.396 e. The molecule has 2 rings (SSSR count). The Balaban J connectivity index is 2.19. The summed E-state index contributed by atoms with van der Waals surface area (Å²) >= 11 is 0. The van der Waals surface area contributed by atoms with Crippen molar-refractivity contribution >= 4 is 0 Å². The lowest BCUT2D eigenvalue weighted by atomic mass is 9.58. The molecule has 2 nitrogen and oxygen atoms in total. The summed E-state index contributed by atoms with van der Waals surface area (Å²) in [6.45, 7) is 8.70. The van der Waals surface area contributed by atoms with E-state index < -0.39 is 0 Å². The van der Waals surface area contributed by atoms with Gasteiger partial charge in [-0.25, -0.2) is 0 Å². The average molecular weight is 238 g/mol. The first kappa shape index (κ1) is 13.1. The zero-order valence-electron chi connectivity index (χ0n) is 11.2. The molecule has 0 aromatic carbocycles. The van der Waals surface area contributed by atoms with Crippen molar-refractivity contribution in [1.82, 2.24) is 0 Å². The van der Waals surface area contributed by atoms with Crippen molar-refractivity contribution in [1.29, 1.82) is 0 Å². The highest BCUT2D eigenvalue weighted by atomic mass is 16.3. The first-order valence-corrected chi connectivity index (χ1v) is 6.94. The Morgan fingerprint density at radius 1 is 1.41 bits per heavy atom. The Hall–Kier alpha value is -0.340. The monoisotopic (exact) mass is 238 g/mol. The third-order valence-electron chi connectivity index (χ3n) is 5.48. The topological polar surface area (TPSA) is 40.5 Å². The third-order valence-corrected chi connectivity index (χ3v) is 5.48. The Morgan fingerprint density at radius 3 is 2.65 bits per heavy atom. The highest BCUT2D eigenvalue weighted by molar-refractivity contribution is 5.08. The molecule has 0 bridgehead atoms. The van der Waals surface area contributed by atoms with E-state index in [4.69, 9.17) is 0 Å². The minimum atomic E-state index is -0.211. The van der Waals surface area contributed by atoms with Crippen molar-refractivity contribution in [3.63, 3.8) is 0 Å². The molecular weight excluding hydrogens is 212 g/mol. The van der Waals surface area contributed by atoms with Gasteiger partial charge in [0.15, 0.2) is 0 Å². The van der Waals surface area contributed by atoms with Gasteiger partial charge in [-0.2, -0.15) is 0 Å². The number of hydrogen-bond acceptors (Lipinski definition) is 2. The molecule has 5 atom stereocenters. The van der Waals surface area contributed by atoms with Crippen LogP contribution in [0.1, 0.15) is 46.0 Å². The van der Waals surface area contributed by atoms with E-state index in [1.165, 1.54) is 24.8 Å². The van der Waals surface area contributed by atoms with Gasteiger partial charge in [0, 0.05) is 6.61 Å². The van der Waals surface area contributed by atoms with Crippen molar-refractivity contribution < 1.29 is 10.2 Å². The standard InChI is InChI=1S/C15H26O2/c1-10(2)12-4-5-15(8-12)11(3)6-14(17)7-13(15)9-16/h11-14,16-17H,1,4-9H2,2-3H3/t11-,12-,13-,14+,15+/m0/s1. The first-order chi connectivity index (χ1) is 7.99. The summed E-state index contributed by atoms with van der Waals surface area (Å²) in [7, 11) is 0. The second kappa shape index (κ2) is 4.74. The van der Waals surface area contributed by atoms with E-state index in [1.54, 1.807) is 0 Å². The predicted molar refractivity (Wildman–Crippen MR) is 69.6 cm³/mol. The maximum Gasteiger partial charge on any atom is 0.0546 e. The van der Waals surface area contributed by atoms with Gasteiger partial charge >= 0.3 is 0 Å². The van der Waals surface area contributed by atoms with Crippen LogP contribution in [0, 0.1) is 23.2 Å². The molecule has 0 aliphatic heterocycles. The quantitative estimate of drug-likeness (QED) is 0.726. The van der Waals surface area contributed by atoms with Crippen LogP contribution >= 0.6 is 0 Å². The van der Waals surface area contributed by atoms with Gasteiger partial charge in [0.25, 0.3) is 0 Å². The molecule has 17 heavy (non-hydrogen) atoms. The molecule has 0 heterocycles. The average Bonchev–Trinajstić information content (AvgIpc) is 2.70. The fourth-order valence-corrected chi connectivity index (χ4v) is 4.31. The summed E-state index contributed by atoms with van der Waals surface area (Å²) in [5.41, 5.74) is 1.55. The minimum absolute atomic E-state index is 0.211. The molecule has 2 N–H and O–H groups in total. The number of rotatable bonds is 2. The fraction of sp³-hybridized carbons (Fsp3) is 0.867. The van der Waals surface area contributed by atoms with Crippen molar-refractivity contribution in [2.75, 3.05) is 6.61 Å². The van der Waals surface area contributed by atoms with E-state index in [-0.39, 0.29) is 24.0 Å². The van der Waals surface area contributed by atoms with Crippen LogP contribution in [0.15, 0.2) is 12.2 Å². The predicted octanol–water partition coefficient (Wildman–Crippen LogP) is 2.75. The van der Waals surface area contributed by atoms with Gasteiger partial charge in [0.2, 0.25) is 0 Å². The van der Waals surface area contributed by atoms with Crippen LogP contribution in [0.3, 0.4) is 0 Å². The second-order valence-corrected chi connectivity index (χ2v) is 6.43. The molecule has 2 fully saturated rings. The van der Waals surface area contributed by atoms with Crippen LogP contribution in [0.5, 0.6) is 0 Å². The lowest BCUT2D eigenvalue weighted by Crippen LogP contribution is -2.44. The Bertz CT molecular complexity index is 299. The van der Waals surface area contributed by atoms with E-state index >= 15 is 0 Å². The third kappa shape index (κ3) is 2.17. The maximum absolute atomic E-state index is 9.87. The highest BCUT2D eigenvalue weighted by Gasteiger charge is 2.51. The molecule has 2 aliphatic carbocycles. The van der Waals surface area contributed by atoms with Crippen LogP contribution < -0.4 is 0 Å². The van der Waals surface area contributed by atoms with Crippen molar-refractivity contribution in [3.05, 3.63) is 12.2 Å². The van der Waals surface area contributed by atoms with Gasteiger partial charge in [0.1, 0.15) is 0 Å². The molecule has 98 valence electrons. The fourth-order valence-electron chi connectivity index (χ4n) is 4.31. The summed E-state index contributed by atoms with van der Waals surface area (Å²) in [6.07, 6.45) is 5.05. The molecule has 0 aromatic rings. The van der Waals surface area contributed by atoms with E-state index in [1.807, 2.05) is 0 Å². The van der Waals surface area contributed by atoms with Crippen LogP contribution in [0.2, 0.25) is 0 Å². The Morgan fingerprint density at radius 2 is 2.12 bits per heavy atom. The van der Waals surface area contributed by atoms with E-state index in [0.717, 1.165) is 12.8 Å². The summed E-state index contributed by atoms with van der Waals surface area (Å²) in [5, 5.41) is 19.5. The normalized spacial score (nSPS) is 46.4. The zero-order chi connectivity index (χ0) is 12.6. The summed E-state index contributed by atoms with van der Waals surface area (Å²) in [6, 6.07) is 0. The van der Waals surface area contributed by atoms with Crippen molar-refractivity contribution in [2.45, 2.75) is 52.1 Å². The molecule has 0 unspecified atom stereocenters. The van der Waals surface area contributed by atoms with Gasteiger partial charge in [-0.1, -0.05) is 19.1 Å². The molecule has 2 aliphatic rings. The van der Waals surface area contributed by atoms with Crippen molar-refractivity contribution in [3.8, 4) is 0 Å². The van der Waals surface area contributed by atoms with Crippen molar-refractivity contribution in [2.24, 2.45) is 23.2 Å². The second-order valence-electron chi connectivity index (χ2n) is 6.43. The minimum Gasteiger partial charge on any atom is -0.396 e. The molecular formula is C15H26O2. The maximum atomic E-state index is 9.87. The zero-order valence-corrected chi connectivity index (χ0v) is 11.2. The Kier molecular flexibility index (Phi) is 3.65. The lowest BCUT2D eigenvalue weighted by Gasteiger charge is -2.48. The van der Waals surface area contributed by atoms with Gasteiger partial charge in [-0.3, -0.25) is 0 Å². The lowest BCUT2D eigenvalue weighted by molar-refractivity contribution is -0.0552. The van der Waals surface area contributed by atoms with Gasteiger partial charge in [0.05, 0.1) is 6.10 Å². The van der Waals surface area contributed by atoms with Gasteiger partial charge in [-0.15, -0.1) is 0 Å². The SMILES string of the molecule is C=C(C)[C@H]1CC[C@]2(C1)[C@H](CO)C[C@H](O)C[C@@H]2C. The van der Waals surface area contributed by atoms with Crippen LogP contribution in [0.4, 0.5) is 0 Å². The van der Waals surface area contributed by atoms with Crippen LogP contribution in [-0.2, 0) is 0 Å². The molecule has 0 amide bonds. The number of allylic oxidation sites excluding steroid dienone is 1.